The van der Waals surface area contributed by atoms with Gasteiger partial charge in [0, 0.05) is 23.5 Å². The lowest BCUT2D eigenvalue weighted by atomic mass is 10.1. The second-order valence-electron chi connectivity index (χ2n) is 5.77. The highest BCUT2D eigenvalue weighted by molar-refractivity contribution is 5.86. The molecule has 0 saturated heterocycles. The first-order chi connectivity index (χ1) is 11.9. The number of rotatable bonds is 2. The minimum atomic E-state index is -4.51. The predicted octanol–water partition coefficient (Wildman–Crippen LogP) is 4.95. The van der Waals surface area contributed by atoms with Crippen molar-refractivity contribution in [1.82, 2.24) is 14.6 Å². The molecule has 126 valence electrons. The number of hydrogen-bond acceptors (Lipinski definition) is 3. The molecule has 0 unspecified atom stereocenters. The van der Waals surface area contributed by atoms with E-state index in [0.717, 1.165) is 22.5 Å². The summed E-state index contributed by atoms with van der Waals surface area (Å²) in [6.07, 6.45) is -4.51. The average Bonchev–Trinajstić information content (AvgIpc) is 2.99. The number of aromatic nitrogens is 3. The van der Waals surface area contributed by atoms with Crippen LogP contribution >= 0.6 is 0 Å². The number of anilines is 2. The summed E-state index contributed by atoms with van der Waals surface area (Å²) in [6, 6.07) is 16.2. The van der Waals surface area contributed by atoms with Crippen LogP contribution in [0.3, 0.4) is 0 Å². The van der Waals surface area contributed by atoms with Crippen molar-refractivity contribution in [2.24, 2.45) is 0 Å². The van der Waals surface area contributed by atoms with Gasteiger partial charge in [0.25, 0.3) is 0 Å². The number of aryl methyl sites for hydroxylation is 1. The van der Waals surface area contributed by atoms with Crippen molar-refractivity contribution in [2.75, 3.05) is 5.32 Å². The minimum Gasteiger partial charge on any atom is -0.340 e. The molecule has 0 saturated carbocycles. The van der Waals surface area contributed by atoms with Gasteiger partial charge in [0.05, 0.1) is 0 Å². The molecule has 0 atom stereocenters. The number of alkyl halides is 3. The van der Waals surface area contributed by atoms with Gasteiger partial charge in [-0.15, -0.1) is 0 Å². The number of fused-ring (bicyclic) bond motifs is 2. The molecule has 2 aromatic heterocycles. The van der Waals surface area contributed by atoms with Crippen LogP contribution in [-0.2, 0) is 6.18 Å². The molecule has 7 heteroatoms. The molecule has 4 aromatic rings. The van der Waals surface area contributed by atoms with Crippen molar-refractivity contribution in [2.45, 2.75) is 13.1 Å². The Morgan fingerprint density at radius 2 is 1.72 bits per heavy atom. The second-order valence-corrected chi connectivity index (χ2v) is 5.77. The summed E-state index contributed by atoms with van der Waals surface area (Å²) in [7, 11) is 0. The van der Waals surface area contributed by atoms with E-state index in [1.54, 1.807) is 13.0 Å². The maximum absolute atomic E-state index is 12.9. The van der Waals surface area contributed by atoms with Crippen LogP contribution in [0.4, 0.5) is 24.7 Å². The van der Waals surface area contributed by atoms with Gasteiger partial charge in [-0.2, -0.15) is 22.8 Å². The van der Waals surface area contributed by atoms with Crippen molar-refractivity contribution in [3.05, 3.63) is 66.0 Å². The lowest BCUT2D eigenvalue weighted by Crippen LogP contribution is -2.07. The average molecular weight is 342 g/mol. The van der Waals surface area contributed by atoms with Gasteiger partial charge in [0.15, 0.2) is 11.3 Å². The molecule has 0 bridgehead atoms. The summed E-state index contributed by atoms with van der Waals surface area (Å²) in [6.45, 7) is 1.73. The zero-order valence-corrected chi connectivity index (χ0v) is 13.2. The van der Waals surface area contributed by atoms with Crippen LogP contribution in [0.1, 0.15) is 11.4 Å². The topological polar surface area (TPSA) is 42.2 Å². The fraction of sp³-hybridized carbons (Fsp3) is 0.111. The molecule has 0 spiro atoms. The SMILES string of the molecule is Cc1cc(Nc2ccc3ccccc3c2)n2nc(C(F)(F)F)cc2n1. The Morgan fingerprint density at radius 3 is 2.48 bits per heavy atom. The van der Waals surface area contributed by atoms with Gasteiger partial charge < -0.3 is 5.32 Å². The number of nitrogens with one attached hydrogen (secondary N) is 1. The first-order valence-electron chi connectivity index (χ1n) is 7.61. The molecule has 4 nitrogen and oxygen atoms in total. The van der Waals surface area contributed by atoms with Crippen LogP contribution in [0.2, 0.25) is 0 Å². The van der Waals surface area contributed by atoms with Crippen LogP contribution in [0.25, 0.3) is 16.4 Å². The Morgan fingerprint density at radius 1 is 0.960 bits per heavy atom. The Hall–Kier alpha value is -3.09. The van der Waals surface area contributed by atoms with Crippen molar-refractivity contribution in [3.63, 3.8) is 0 Å². The van der Waals surface area contributed by atoms with Gasteiger partial charge >= 0.3 is 6.18 Å². The van der Waals surface area contributed by atoms with E-state index in [1.165, 1.54) is 4.52 Å². The maximum atomic E-state index is 12.9. The molecule has 0 fully saturated rings. The monoisotopic (exact) mass is 342 g/mol. The molecule has 0 amide bonds. The van der Waals surface area contributed by atoms with E-state index in [2.05, 4.69) is 15.4 Å². The Balaban J connectivity index is 1.80. The van der Waals surface area contributed by atoms with Gasteiger partial charge in [-0.3, -0.25) is 0 Å². The molecule has 0 aliphatic heterocycles. The van der Waals surface area contributed by atoms with Crippen LogP contribution in [0, 0.1) is 6.92 Å². The van der Waals surface area contributed by atoms with E-state index in [1.807, 2.05) is 42.5 Å². The fourth-order valence-corrected chi connectivity index (χ4v) is 2.74. The molecule has 2 heterocycles. The normalized spacial score (nSPS) is 12.0. The number of hydrogen-bond donors (Lipinski definition) is 1. The molecular formula is C18H13F3N4. The third kappa shape index (κ3) is 2.88. The molecule has 0 aliphatic carbocycles. The van der Waals surface area contributed by atoms with Crippen molar-refractivity contribution in [3.8, 4) is 0 Å². The van der Waals surface area contributed by atoms with Gasteiger partial charge in [-0.1, -0.05) is 30.3 Å². The lowest BCUT2D eigenvalue weighted by molar-refractivity contribution is -0.141. The van der Waals surface area contributed by atoms with E-state index < -0.39 is 11.9 Å². The van der Waals surface area contributed by atoms with Gasteiger partial charge in [-0.05, 0) is 29.8 Å². The van der Waals surface area contributed by atoms with Gasteiger partial charge in [0.1, 0.15) is 5.82 Å². The summed E-state index contributed by atoms with van der Waals surface area (Å²) < 4.78 is 40.0. The Bertz CT molecular complexity index is 1080. The molecule has 0 radical (unpaired) electrons. The standard InChI is InChI=1S/C18H13F3N4/c1-11-8-16(25-17(22-11)10-15(24-25)18(19,20)21)23-14-7-6-12-4-2-3-5-13(12)9-14/h2-10,23H,1H3. The summed E-state index contributed by atoms with van der Waals surface area (Å²) in [5, 5.41) is 8.91. The summed E-state index contributed by atoms with van der Waals surface area (Å²) in [5.41, 5.74) is 0.543. The fourth-order valence-electron chi connectivity index (χ4n) is 2.74. The summed E-state index contributed by atoms with van der Waals surface area (Å²) in [5.74, 6) is 0.424. The molecule has 4 rings (SSSR count). The van der Waals surface area contributed by atoms with Crippen LogP contribution < -0.4 is 5.32 Å². The predicted molar refractivity (Wildman–Crippen MR) is 90.0 cm³/mol. The Kier molecular flexibility index (Phi) is 3.38. The maximum Gasteiger partial charge on any atom is 0.435 e. The molecule has 1 N–H and O–H groups in total. The smallest absolute Gasteiger partial charge is 0.340 e. The highest BCUT2D eigenvalue weighted by Gasteiger charge is 2.34. The summed E-state index contributed by atoms with van der Waals surface area (Å²) in [4.78, 5) is 4.12. The zero-order chi connectivity index (χ0) is 17.6. The first-order valence-corrected chi connectivity index (χ1v) is 7.61. The third-order valence-electron chi connectivity index (χ3n) is 3.87. The van der Waals surface area contributed by atoms with Crippen LogP contribution in [0.15, 0.2) is 54.6 Å². The lowest BCUT2D eigenvalue weighted by Gasteiger charge is -2.10. The quantitative estimate of drug-likeness (QED) is 0.560. The van der Waals surface area contributed by atoms with E-state index in [0.29, 0.717) is 11.5 Å². The highest BCUT2D eigenvalue weighted by Crippen LogP contribution is 2.30. The summed E-state index contributed by atoms with van der Waals surface area (Å²) >= 11 is 0. The first kappa shape index (κ1) is 15.4. The van der Waals surface area contributed by atoms with Crippen molar-refractivity contribution < 1.29 is 13.2 Å². The van der Waals surface area contributed by atoms with Crippen LogP contribution in [0.5, 0.6) is 0 Å². The van der Waals surface area contributed by atoms with E-state index in [-0.39, 0.29) is 5.65 Å². The van der Waals surface area contributed by atoms with Crippen molar-refractivity contribution in [1.29, 1.82) is 0 Å². The van der Waals surface area contributed by atoms with Gasteiger partial charge in [-0.25, -0.2) is 4.98 Å². The minimum absolute atomic E-state index is 0.149. The van der Waals surface area contributed by atoms with E-state index >= 15 is 0 Å². The van der Waals surface area contributed by atoms with E-state index in [4.69, 9.17) is 0 Å². The zero-order valence-electron chi connectivity index (χ0n) is 13.2. The third-order valence-corrected chi connectivity index (χ3v) is 3.87. The molecule has 0 aliphatic rings. The highest BCUT2D eigenvalue weighted by atomic mass is 19.4. The molecule has 25 heavy (non-hydrogen) atoms. The van der Waals surface area contributed by atoms with Gasteiger partial charge in [0.2, 0.25) is 0 Å². The second kappa shape index (κ2) is 5.47. The molecule has 2 aromatic carbocycles. The van der Waals surface area contributed by atoms with E-state index in [9.17, 15) is 13.2 Å². The number of halogens is 3. The van der Waals surface area contributed by atoms with Crippen LogP contribution in [-0.4, -0.2) is 14.6 Å². The number of nitrogens with zero attached hydrogens (tertiary/aromatic N) is 3. The molecular weight excluding hydrogens is 329 g/mol. The Labute approximate surface area is 140 Å². The number of benzene rings is 2. The van der Waals surface area contributed by atoms with Crippen molar-refractivity contribution >= 4 is 27.9 Å². The largest absolute Gasteiger partial charge is 0.435 e.